The number of carbonyl (C=O) groups is 2. The minimum absolute atomic E-state index is 0.0908. The molecule has 1 aliphatic rings. The van der Waals surface area contributed by atoms with Gasteiger partial charge in [0.05, 0.1) is 19.0 Å². The van der Waals surface area contributed by atoms with Crippen molar-refractivity contribution in [3.8, 4) is 11.5 Å². The van der Waals surface area contributed by atoms with E-state index in [-0.39, 0.29) is 25.6 Å². The minimum atomic E-state index is -0.905. The van der Waals surface area contributed by atoms with Crippen molar-refractivity contribution in [3.63, 3.8) is 0 Å². The van der Waals surface area contributed by atoms with Crippen LogP contribution >= 0.6 is 15.9 Å². The fourth-order valence-corrected chi connectivity index (χ4v) is 5.35. The summed E-state index contributed by atoms with van der Waals surface area (Å²) in [4.78, 5) is 26.6. The molecule has 0 bridgehead atoms. The summed E-state index contributed by atoms with van der Waals surface area (Å²) in [5.41, 5.74) is 4.74. The first-order chi connectivity index (χ1) is 19.0. The molecule has 0 unspecified atom stereocenters. The lowest BCUT2D eigenvalue weighted by Crippen LogP contribution is -2.34. The number of aryl methyl sites for hydroxylation is 1. The van der Waals surface area contributed by atoms with Crippen molar-refractivity contribution in [2.75, 3.05) is 0 Å². The fraction of sp³-hybridized carbons (Fsp3) is 0.188. The molecule has 0 aromatic heterocycles. The number of benzene rings is 4. The van der Waals surface area contributed by atoms with Crippen LogP contribution in [0.25, 0.3) is 0 Å². The molecule has 4 aromatic rings. The summed E-state index contributed by atoms with van der Waals surface area (Å²) in [6.07, 6.45) is 1.21. The Labute approximate surface area is 235 Å². The SMILES string of the molecule is O=C(O)Cc1cccc(Oc2ccc(Br)cc2CN(C(=O)OCc2ccccc2)[C@@H]2CCc3ccccc32)c1. The van der Waals surface area contributed by atoms with E-state index in [0.29, 0.717) is 17.1 Å². The van der Waals surface area contributed by atoms with Gasteiger partial charge in [0, 0.05) is 10.0 Å². The fourth-order valence-electron chi connectivity index (χ4n) is 4.94. The maximum atomic E-state index is 13.6. The molecule has 0 aliphatic heterocycles. The van der Waals surface area contributed by atoms with Gasteiger partial charge in [0.25, 0.3) is 0 Å². The van der Waals surface area contributed by atoms with Gasteiger partial charge in [-0.25, -0.2) is 4.79 Å². The van der Waals surface area contributed by atoms with Crippen LogP contribution in [-0.4, -0.2) is 22.1 Å². The topological polar surface area (TPSA) is 76.1 Å². The van der Waals surface area contributed by atoms with Gasteiger partial charge in [-0.15, -0.1) is 0 Å². The number of carbonyl (C=O) groups excluding carboxylic acids is 1. The van der Waals surface area contributed by atoms with Crippen molar-refractivity contribution in [3.05, 3.63) is 129 Å². The highest BCUT2D eigenvalue weighted by molar-refractivity contribution is 9.10. The van der Waals surface area contributed by atoms with Crippen LogP contribution in [0, 0.1) is 0 Å². The molecule has 39 heavy (non-hydrogen) atoms. The second-order valence-corrected chi connectivity index (χ2v) is 10.4. The Bertz CT molecular complexity index is 1470. The Morgan fingerprint density at radius 1 is 0.897 bits per heavy atom. The van der Waals surface area contributed by atoms with E-state index in [1.807, 2.05) is 60.7 Å². The van der Waals surface area contributed by atoms with Crippen molar-refractivity contribution >= 4 is 28.0 Å². The summed E-state index contributed by atoms with van der Waals surface area (Å²) < 4.78 is 12.9. The van der Waals surface area contributed by atoms with E-state index in [2.05, 4.69) is 28.1 Å². The normalized spacial score (nSPS) is 13.9. The zero-order valence-corrected chi connectivity index (χ0v) is 22.8. The molecule has 1 N–H and O–H groups in total. The van der Waals surface area contributed by atoms with Gasteiger partial charge in [0.1, 0.15) is 18.1 Å². The second kappa shape index (κ2) is 12.2. The first-order valence-electron chi connectivity index (χ1n) is 12.8. The molecule has 0 spiro atoms. The average Bonchev–Trinajstić information content (AvgIpc) is 3.36. The highest BCUT2D eigenvalue weighted by Gasteiger charge is 2.32. The van der Waals surface area contributed by atoms with E-state index in [1.54, 1.807) is 29.2 Å². The van der Waals surface area contributed by atoms with E-state index in [0.717, 1.165) is 34.0 Å². The van der Waals surface area contributed by atoms with Crippen LogP contribution in [-0.2, 0) is 35.5 Å². The largest absolute Gasteiger partial charge is 0.481 e. The predicted octanol–water partition coefficient (Wildman–Crippen LogP) is 7.69. The van der Waals surface area contributed by atoms with Crippen LogP contribution in [0.3, 0.4) is 0 Å². The molecule has 1 aliphatic carbocycles. The molecule has 0 heterocycles. The van der Waals surface area contributed by atoms with E-state index in [4.69, 9.17) is 14.6 Å². The quantitative estimate of drug-likeness (QED) is 0.218. The molecular formula is C32H28BrNO5. The van der Waals surface area contributed by atoms with Crippen LogP contribution in [0.1, 0.15) is 40.3 Å². The molecule has 1 atom stereocenters. The van der Waals surface area contributed by atoms with Gasteiger partial charge in [-0.2, -0.15) is 0 Å². The number of carboxylic acids is 1. The average molecular weight is 586 g/mol. The van der Waals surface area contributed by atoms with Crippen LogP contribution in [0.2, 0.25) is 0 Å². The lowest BCUT2D eigenvalue weighted by atomic mass is 10.1. The van der Waals surface area contributed by atoms with Crippen molar-refractivity contribution in [2.24, 2.45) is 0 Å². The number of hydrogen-bond acceptors (Lipinski definition) is 4. The molecule has 0 saturated carbocycles. The molecule has 198 valence electrons. The van der Waals surface area contributed by atoms with Gasteiger partial charge in [-0.05, 0) is 65.4 Å². The van der Waals surface area contributed by atoms with E-state index in [9.17, 15) is 9.59 Å². The molecule has 4 aromatic carbocycles. The monoisotopic (exact) mass is 585 g/mol. The third-order valence-electron chi connectivity index (χ3n) is 6.76. The molecule has 0 radical (unpaired) electrons. The van der Waals surface area contributed by atoms with Gasteiger partial charge in [-0.1, -0.05) is 82.7 Å². The number of rotatable bonds is 9. The van der Waals surface area contributed by atoms with Crippen molar-refractivity contribution in [1.29, 1.82) is 0 Å². The summed E-state index contributed by atoms with van der Waals surface area (Å²) in [7, 11) is 0. The Kier molecular flexibility index (Phi) is 8.27. The number of aliphatic carboxylic acids is 1. The zero-order chi connectivity index (χ0) is 27.2. The molecule has 5 rings (SSSR count). The Morgan fingerprint density at radius 2 is 1.67 bits per heavy atom. The Morgan fingerprint density at radius 3 is 2.49 bits per heavy atom. The standard InChI is InChI=1S/C32H28BrNO5/c33-26-14-16-30(39-27-11-6-9-23(17-27)18-31(35)36)25(19-26)20-34(29-15-13-24-10-4-5-12-28(24)29)32(37)38-21-22-7-2-1-3-8-22/h1-12,14,16-17,19,29H,13,15,18,20-21H2,(H,35,36)/t29-/m1/s1. The minimum Gasteiger partial charge on any atom is -0.481 e. The number of hydrogen-bond donors (Lipinski definition) is 1. The van der Waals surface area contributed by atoms with E-state index in [1.165, 1.54) is 5.56 Å². The Balaban J connectivity index is 1.43. The third-order valence-corrected chi connectivity index (χ3v) is 7.26. The maximum Gasteiger partial charge on any atom is 0.410 e. The molecule has 6 nitrogen and oxygen atoms in total. The highest BCUT2D eigenvalue weighted by Crippen LogP contribution is 2.39. The van der Waals surface area contributed by atoms with Crippen LogP contribution in [0.15, 0.2) is 102 Å². The Hall–Kier alpha value is -4.10. The summed E-state index contributed by atoms with van der Waals surface area (Å²) in [5.74, 6) is 0.206. The van der Waals surface area contributed by atoms with Crippen LogP contribution < -0.4 is 4.74 Å². The van der Waals surface area contributed by atoms with Crippen molar-refractivity contribution < 1.29 is 24.2 Å². The van der Waals surface area contributed by atoms with Crippen molar-refractivity contribution in [2.45, 2.75) is 38.5 Å². The molecule has 1 amide bonds. The number of amides is 1. The van der Waals surface area contributed by atoms with Gasteiger partial charge < -0.3 is 14.6 Å². The van der Waals surface area contributed by atoms with E-state index < -0.39 is 12.1 Å². The molecule has 0 saturated heterocycles. The summed E-state index contributed by atoms with van der Waals surface area (Å²) in [5, 5.41) is 9.17. The summed E-state index contributed by atoms with van der Waals surface area (Å²) in [6.45, 7) is 0.457. The van der Waals surface area contributed by atoms with Gasteiger partial charge in [0.2, 0.25) is 0 Å². The number of nitrogens with zero attached hydrogens (tertiary/aromatic N) is 1. The summed E-state index contributed by atoms with van der Waals surface area (Å²) >= 11 is 3.56. The number of carboxylic acid groups (broad SMARTS) is 1. The highest BCUT2D eigenvalue weighted by atomic mass is 79.9. The maximum absolute atomic E-state index is 13.6. The number of halogens is 1. The van der Waals surface area contributed by atoms with Gasteiger partial charge in [0.15, 0.2) is 0 Å². The second-order valence-electron chi connectivity index (χ2n) is 9.49. The smallest absolute Gasteiger partial charge is 0.410 e. The van der Waals surface area contributed by atoms with Gasteiger partial charge in [-0.3, -0.25) is 9.69 Å². The molecule has 0 fully saturated rings. The van der Waals surface area contributed by atoms with Crippen LogP contribution in [0.5, 0.6) is 11.5 Å². The first-order valence-corrected chi connectivity index (χ1v) is 13.6. The molecular weight excluding hydrogens is 558 g/mol. The third kappa shape index (κ3) is 6.67. The van der Waals surface area contributed by atoms with Gasteiger partial charge >= 0.3 is 12.1 Å². The molecule has 7 heteroatoms. The lowest BCUT2D eigenvalue weighted by molar-refractivity contribution is -0.136. The van der Waals surface area contributed by atoms with Crippen molar-refractivity contribution in [1.82, 2.24) is 4.90 Å². The zero-order valence-electron chi connectivity index (χ0n) is 21.3. The first kappa shape index (κ1) is 26.5. The number of fused-ring (bicyclic) bond motifs is 1. The lowest BCUT2D eigenvalue weighted by Gasteiger charge is -2.30. The van der Waals surface area contributed by atoms with Crippen LogP contribution in [0.4, 0.5) is 4.79 Å². The number of ether oxygens (including phenoxy) is 2. The summed E-state index contributed by atoms with van der Waals surface area (Å²) in [6, 6.07) is 30.4. The van der Waals surface area contributed by atoms with E-state index >= 15 is 0 Å². The predicted molar refractivity (Wildman–Crippen MR) is 152 cm³/mol.